The van der Waals surface area contributed by atoms with E-state index in [4.69, 9.17) is 9.47 Å². The summed E-state index contributed by atoms with van der Waals surface area (Å²) in [6.45, 7) is 4.03. The van der Waals surface area contributed by atoms with Gasteiger partial charge in [0.05, 0.1) is 17.7 Å². The maximum atomic E-state index is 12.7. The first-order chi connectivity index (χ1) is 12.6. The molecular formula is C20H17NO4S. The Kier molecular flexibility index (Phi) is 5.43. The Morgan fingerprint density at radius 2 is 1.85 bits per heavy atom. The van der Waals surface area contributed by atoms with E-state index >= 15 is 0 Å². The molecule has 0 spiro atoms. The van der Waals surface area contributed by atoms with Crippen LogP contribution >= 0.6 is 11.8 Å². The third-order valence-corrected chi connectivity index (χ3v) is 4.54. The number of para-hydroxylation sites is 2. The van der Waals surface area contributed by atoms with Crippen molar-refractivity contribution in [1.82, 2.24) is 0 Å². The van der Waals surface area contributed by atoms with Gasteiger partial charge in [-0.3, -0.25) is 9.59 Å². The summed E-state index contributed by atoms with van der Waals surface area (Å²) in [5, 5.41) is -0.350. The summed E-state index contributed by atoms with van der Waals surface area (Å²) in [4.78, 5) is 26.6. The van der Waals surface area contributed by atoms with Crippen molar-refractivity contribution in [3.63, 3.8) is 0 Å². The van der Waals surface area contributed by atoms with Crippen molar-refractivity contribution in [3.05, 3.63) is 71.7 Å². The van der Waals surface area contributed by atoms with Crippen molar-refractivity contribution in [2.24, 2.45) is 0 Å². The van der Waals surface area contributed by atoms with Gasteiger partial charge in [0, 0.05) is 0 Å². The number of imide groups is 1. The minimum Gasteiger partial charge on any atom is -0.495 e. The first-order valence-electron chi connectivity index (χ1n) is 7.89. The van der Waals surface area contributed by atoms with Gasteiger partial charge < -0.3 is 9.47 Å². The largest absolute Gasteiger partial charge is 0.495 e. The minimum atomic E-state index is -0.364. The average molecular weight is 367 g/mol. The SMILES string of the molecule is C=CCOc1ccc(/C=C2\SC(=O)N(c3ccccc3OC)C2=O)cc1. The molecule has 0 aromatic heterocycles. The van der Waals surface area contributed by atoms with E-state index in [-0.39, 0.29) is 11.1 Å². The van der Waals surface area contributed by atoms with Gasteiger partial charge in [0.1, 0.15) is 18.1 Å². The number of hydrogen-bond acceptors (Lipinski definition) is 5. The van der Waals surface area contributed by atoms with Gasteiger partial charge in [0.2, 0.25) is 0 Å². The molecule has 0 N–H and O–H groups in total. The van der Waals surface area contributed by atoms with Crippen LogP contribution in [0.15, 0.2) is 66.1 Å². The Labute approximate surface area is 155 Å². The summed E-state index contributed by atoms with van der Waals surface area (Å²) in [6, 6.07) is 14.2. The lowest BCUT2D eigenvalue weighted by molar-refractivity contribution is -0.113. The molecule has 26 heavy (non-hydrogen) atoms. The second kappa shape index (κ2) is 7.93. The molecule has 5 nitrogen and oxygen atoms in total. The molecule has 1 heterocycles. The molecule has 2 amide bonds. The van der Waals surface area contributed by atoms with Gasteiger partial charge in [-0.15, -0.1) is 0 Å². The smallest absolute Gasteiger partial charge is 0.298 e. The molecule has 1 fully saturated rings. The van der Waals surface area contributed by atoms with Crippen LogP contribution in [-0.2, 0) is 4.79 Å². The van der Waals surface area contributed by atoms with Crippen LogP contribution in [0.3, 0.4) is 0 Å². The predicted octanol–water partition coefficient (Wildman–Crippen LogP) is 4.50. The monoisotopic (exact) mass is 367 g/mol. The van der Waals surface area contributed by atoms with E-state index in [0.29, 0.717) is 28.7 Å². The molecule has 1 aliphatic heterocycles. The number of amides is 2. The molecule has 0 aliphatic carbocycles. The first kappa shape index (κ1) is 17.8. The fraction of sp³-hybridized carbons (Fsp3) is 0.100. The van der Waals surface area contributed by atoms with Gasteiger partial charge in [-0.2, -0.15) is 0 Å². The predicted molar refractivity (Wildman–Crippen MR) is 104 cm³/mol. The summed E-state index contributed by atoms with van der Waals surface area (Å²) in [5.74, 6) is 0.820. The molecule has 1 aliphatic rings. The lowest BCUT2D eigenvalue weighted by Gasteiger charge is -2.15. The van der Waals surface area contributed by atoms with Crippen molar-refractivity contribution >= 4 is 34.7 Å². The molecular weight excluding hydrogens is 350 g/mol. The third-order valence-electron chi connectivity index (χ3n) is 3.67. The number of rotatable bonds is 6. The van der Waals surface area contributed by atoms with Crippen molar-refractivity contribution in [3.8, 4) is 11.5 Å². The number of thioether (sulfide) groups is 1. The van der Waals surface area contributed by atoms with E-state index < -0.39 is 0 Å². The topological polar surface area (TPSA) is 55.8 Å². The highest BCUT2D eigenvalue weighted by atomic mass is 32.2. The zero-order chi connectivity index (χ0) is 18.5. The van der Waals surface area contributed by atoms with Crippen LogP contribution in [0, 0.1) is 0 Å². The van der Waals surface area contributed by atoms with Crippen molar-refractivity contribution in [2.75, 3.05) is 18.6 Å². The number of benzene rings is 2. The van der Waals surface area contributed by atoms with Gasteiger partial charge in [0.25, 0.3) is 11.1 Å². The Hall–Kier alpha value is -2.99. The van der Waals surface area contributed by atoms with Crippen LogP contribution in [0.25, 0.3) is 6.08 Å². The number of anilines is 1. The zero-order valence-electron chi connectivity index (χ0n) is 14.2. The Morgan fingerprint density at radius 3 is 2.54 bits per heavy atom. The molecule has 1 saturated heterocycles. The zero-order valence-corrected chi connectivity index (χ0v) is 15.0. The van der Waals surface area contributed by atoms with Gasteiger partial charge in [-0.05, 0) is 47.7 Å². The van der Waals surface area contributed by atoms with Crippen LogP contribution in [0.1, 0.15) is 5.56 Å². The number of hydrogen-bond donors (Lipinski definition) is 0. The van der Waals surface area contributed by atoms with Gasteiger partial charge in [-0.1, -0.05) is 36.9 Å². The van der Waals surface area contributed by atoms with Crippen LogP contribution in [0.4, 0.5) is 10.5 Å². The molecule has 0 atom stereocenters. The average Bonchev–Trinajstić information content (AvgIpc) is 2.94. The van der Waals surface area contributed by atoms with Crippen LogP contribution in [0.5, 0.6) is 11.5 Å². The van der Waals surface area contributed by atoms with Crippen molar-refractivity contribution in [2.45, 2.75) is 0 Å². The highest BCUT2D eigenvalue weighted by Crippen LogP contribution is 2.39. The molecule has 0 radical (unpaired) electrons. The minimum absolute atomic E-state index is 0.350. The summed E-state index contributed by atoms with van der Waals surface area (Å²) in [5.41, 5.74) is 1.25. The third kappa shape index (κ3) is 3.65. The second-order valence-electron chi connectivity index (χ2n) is 5.36. The lowest BCUT2D eigenvalue weighted by atomic mass is 10.2. The number of carbonyl (C=O) groups is 2. The Balaban J connectivity index is 1.84. The van der Waals surface area contributed by atoms with E-state index in [0.717, 1.165) is 22.2 Å². The summed E-state index contributed by atoms with van der Waals surface area (Å²) in [6.07, 6.45) is 3.36. The van der Waals surface area contributed by atoms with E-state index in [9.17, 15) is 9.59 Å². The van der Waals surface area contributed by atoms with E-state index in [1.807, 2.05) is 12.1 Å². The Bertz CT molecular complexity index is 874. The van der Waals surface area contributed by atoms with Crippen LogP contribution < -0.4 is 14.4 Å². The maximum Gasteiger partial charge on any atom is 0.298 e. The molecule has 2 aromatic rings. The molecule has 0 unspecified atom stereocenters. The van der Waals surface area contributed by atoms with E-state index in [1.165, 1.54) is 7.11 Å². The lowest BCUT2D eigenvalue weighted by Crippen LogP contribution is -2.28. The maximum absolute atomic E-state index is 12.7. The normalized spacial score (nSPS) is 15.4. The standard InChI is InChI=1S/C20H17NO4S/c1-3-12-25-15-10-8-14(9-11-15)13-18-19(22)21(20(23)26-18)16-6-4-5-7-17(16)24-2/h3-11,13H,1,12H2,2H3/b18-13-. The molecule has 0 bridgehead atoms. The van der Waals surface area contributed by atoms with Crippen molar-refractivity contribution in [1.29, 1.82) is 0 Å². The fourth-order valence-corrected chi connectivity index (χ4v) is 3.29. The molecule has 6 heteroatoms. The van der Waals surface area contributed by atoms with Gasteiger partial charge >= 0.3 is 0 Å². The number of carbonyl (C=O) groups excluding carboxylic acids is 2. The highest BCUT2D eigenvalue weighted by Gasteiger charge is 2.37. The van der Waals surface area contributed by atoms with Crippen LogP contribution in [0.2, 0.25) is 0 Å². The highest BCUT2D eigenvalue weighted by molar-refractivity contribution is 8.19. The molecule has 0 saturated carbocycles. The molecule has 3 rings (SSSR count). The van der Waals surface area contributed by atoms with Gasteiger partial charge in [-0.25, -0.2) is 4.90 Å². The van der Waals surface area contributed by atoms with E-state index in [2.05, 4.69) is 6.58 Å². The Morgan fingerprint density at radius 1 is 1.12 bits per heavy atom. The molecule has 2 aromatic carbocycles. The summed E-state index contributed by atoms with van der Waals surface area (Å²) < 4.78 is 10.7. The number of methoxy groups -OCH3 is 1. The quantitative estimate of drug-likeness (QED) is 0.556. The second-order valence-corrected chi connectivity index (χ2v) is 6.35. The van der Waals surface area contributed by atoms with E-state index in [1.54, 1.807) is 48.6 Å². The first-order valence-corrected chi connectivity index (χ1v) is 8.70. The number of ether oxygens (including phenoxy) is 2. The molecule has 132 valence electrons. The van der Waals surface area contributed by atoms with Crippen molar-refractivity contribution < 1.29 is 19.1 Å². The number of nitrogens with zero attached hydrogens (tertiary/aromatic N) is 1. The van der Waals surface area contributed by atoms with Gasteiger partial charge in [0.15, 0.2) is 0 Å². The fourth-order valence-electron chi connectivity index (χ4n) is 2.46. The summed E-state index contributed by atoms with van der Waals surface area (Å²) >= 11 is 0.907. The summed E-state index contributed by atoms with van der Waals surface area (Å²) in [7, 11) is 1.50. The van der Waals surface area contributed by atoms with Crippen LogP contribution in [-0.4, -0.2) is 24.9 Å².